The summed E-state index contributed by atoms with van der Waals surface area (Å²) in [5.41, 5.74) is 9.14. The first-order valence-corrected chi connectivity index (χ1v) is 6.48. The molecule has 2 N–H and O–H groups in total. The fraction of sp³-hybridized carbons (Fsp3) is 0.118. The first-order valence-electron chi connectivity index (χ1n) is 6.48. The monoisotopic (exact) mass is 248 g/mol. The van der Waals surface area contributed by atoms with Crippen molar-refractivity contribution in [1.82, 2.24) is 4.98 Å². The number of nitrogens with zero attached hydrogens (tertiary/aromatic N) is 1. The highest BCUT2D eigenvalue weighted by Gasteiger charge is 2.05. The van der Waals surface area contributed by atoms with E-state index < -0.39 is 0 Å². The van der Waals surface area contributed by atoms with E-state index in [9.17, 15) is 0 Å². The van der Waals surface area contributed by atoms with E-state index >= 15 is 0 Å². The van der Waals surface area contributed by atoms with Crippen molar-refractivity contribution in [3.8, 4) is 0 Å². The van der Waals surface area contributed by atoms with E-state index in [1.807, 2.05) is 12.1 Å². The molecule has 2 nitrogen and oxygen atoms in total. The minimum absolute atomic E-state index is 0.475. The van der Waals surface area contributed by atoms with Crippen molar-refractivity contribution in [3.63, 3.8) is 0 Å². The lowest BCUT2D eigenvalue weighted by Crippen LogP contribution is -2.04. The molecule has 1 heterocycles. The highest BCUT2D eigenvalue weighted by molar-refractivity contribution is 5.84. The molecule has 94 valence electrons. The second-order valence-electron chi connectivity index (χ2n) is 4.65. The lowest BCUT2D eigenvalue weighted by Gasteiger charge is -2.08. The van der Waals surface area contributed by atoms with E-state index in [0.717, 1.165) is 23.2 Å². The van der Waals surface area contributed by atoms with E-state index in [2.05, 4.69) is 53.5 Å². The Morgan fingerprint density at radius 3 is 2.42 bits per heavy atom. The van der Waals surface area contributed by atoms with Crippen molar-refractivity contribution >= 4 is 10.8 Å². The Balaban J connectivity index is 2.05. The number of pyridine rings is 1. The van der Waals surface area contributed by atoms with Gasteiger partial charge in [0.15, 0.2) is 0 Å². The molecule has 0 bridgehead atoms. The van der Waals surface area contributed by atoms with Gasteiger partial charge < -0.3 is 5.73 Å². The quantitative estimate of drug-likeness (QED) is 0.772. The minimum Gasteiger partial charge on any atom is -0.325 e. The highest BCUT2D eigenvalue weighted by atomic mass is 14.7. The van der Waals surface area contributed by atoms with Gasteiger partial charge in [0.25, 0.3) is 0 Å². The van der Waals surface area contributed by atoms with Crippen LogP contribution in [0.2, 0.25) is 0 Å². The number of fused-ring (bicyclic) bond motifs is 1. The van der Waals surface area contributed by atoms with Crippen LogP contribution in [0.3, 0.4) is 0 Å². The van der Waals surface area contributed by atoms with Gasteiger partial charge in [0.05, 0.1) is 5.69 Å². The fourth-order valence-corrected chi connectivity index (χ4v) is 2.38. The van der Waals surface area contributed by atoms with Crippen LogP contribution in [0.25, 0.3) is 10.8 Å². The molecule has 19 heavy (non-hydrogen) atoms. The summed E-state index contributed by atoms with van der Waals surface area (Å²) in [6, 6.07) is 20.8. The molecule has 0 fully saturated rings. The van der Waals surface area contributed by atoms with Crippen LogP contribution < -0.4 is 5.73 Å². The lowest BCUT2D eigenvalue weighted by atomic mass is 10.0. The SMILES string of the molecule is NCc1nc(Cc2ccccc2)cc2ccccc12. The van der Waals surface area contributed by atoms with E-state index in [1.54, 1.807) is 0 Å². The van der Waals surface area contributed by atoms with E-state index in [4.69, 9.17) is 5.73 Å². The Bertz CT molecular complexity index is 690. The average molecular weight is 248 g/mol. The maximum Gasteiger partial charge on any atom is 0.0621 e. The minimum atomic E-state index is 0.475. The zero-order valence-corrected chi connectivity index (χ0v) is 10.7. The molecule has 2 aromatic carbocycles. The van der Waals surface area contributed by atoms with Crippen LogP contribution >= 0.6 is 0 Å². The molecular weight excluding hydrogens is 232 g/mol. The van der Waals surface area contributed by atoms with Gasteiger partial charge in [0, 0.05) is 24.0 Å². The average Bonchev–Trinajstić information content (AvgIpc) is 2.47. The molecule has 0 saturated carbocycles. The largest absolute Gasteiger partial charge is 0.325 e. The Kier molecular flexibility index (Phi) is 3.25. The van der Waals surface area contributed by atoms with Crippen LogP contribution in [-0.4, -0.2) is 4.98 Å². The molecule has 0 unspecified atom stereocenters. The number of rotatable bonds is 3. The van der Waals surface area contributed by atoms with Gasteiger partial charge in [-0.15, -0.1) is 0 Å². The van der Waals surface area contributed by atoms with Gasteiger partial charge >= 0.3 is 0 Å². The molecule has 0 amide bonds. The third kappa shape index (κ3) is 2.49. The summed E-state index contributed by atoms with van der Waals surface area (Å²) < 4.78 is 0. The van der Waals surface area contributed by atoms with E-state index in [1.165, 1.54) is 10.9 Å². The van der Waals surface area contributed by atoms with Gasteiger partial charge in [-0.1, -0.05) is 54.6 Å². The maximum atomic E-state index is 5.82. The first kappa shape index (κ1) is 11.9. The van der Waals surface area contributed by atoms with Crippen LogP contribution in [0.15, 0.2) is 60.7 Å². The fourth-order valence-electron chi connectivity index (χ4n) is 2.38. The molecular formula is C17H16N2. The van der Waals surface area contributed by atoms with Crippen molar-refractivity contribution < 1.29 is 0 Å². The smallest absolute Gasteiger partial charge is 0.0621 e. The number of aromatic nitrogens is 1. The van der Waals surface area contributed by atoms with Crippen LogP contribution in [0.4, 0.5) is 0 Å². The predicted octanol–water partition coefficient (Wildman–Crippen LogP) is 3.28. The van der Waals surface area contributed by atoms with Gasteiger partial charge in [-0.2, -0.15) is 0 Å². The molecule has 2 heteroatoms. The molecule has 3 aromatic rings. The Hall–Kier alpha value is -2.19. The second kappa shape index (κ2) is 5.21. The standard InChI is InChI=1S/C17H16N2/c18-12-17-16-9-5-4-8-14(16)11-15(19-17)10-13-6-2-1-3-7-13/h1-9,11H,10,12,18H2. The molecule has 0 aliphatic rings. The second-order valence-corrected chi connectivity index (χ2v) is 4.65. The molecule has 3 rings (SSSR count). The summed E-state index contributed by atoms with van der Waals surface area (Å²) >= 11 is 0. The number of hydrogen-bond acceptors (Lipinski definition) is 2. The zero-order chi connectivity index (χ0) is 13.1. The van der Waals surface area contributed by atoms with E-state index in [0.29, 0.717) is 6.54 Å². The lowest BCUT2D eigenvalue weighted by molar-refractivity contribution is 0.963. The molecule has 0 aliphatic heterocycles. The molecule has 0 atom stereocenters. The summed E-state index contributed by atoms with van der Waals surface area (Å²) in [6.45, 7) is 0.475. The van der Waals surface area contributed by atoms with Crippen molar-refractivity contribution in [2.75, 3.05) is 0 Å². The Morgan fingerprint density at radius 2 is 1.63 bits per heavy atom. The summed E-state index contributed by atoms with van der Waals surface area (Å²) in [4.78, 5) is 4.69. The first-order chi connectivity index (χ1) is 9.36. The molecule has 1 aromatic heterocycles. The predicted molar refractivity (Wildman–Crippen MR) is 78.9 cm³/mol. The maximum absolute atomic E-state index is 5.82. The van der Waals surface area contributed by atoms with Crippen molar-refractivity contribution in [2.45, 2.75) is 13.0 Å². The van der Waals surface area contributed by atoms with Gasteiger partial charge in [-0.25, -0.2) is 0 Å². The molecule has 0 aliphatic carbocycles. The summed E-state index contributed by atoms with van der Waals surface area (Å²) in [6.07, 6.45) is 0.846. The van der Waals surface area contributed by atoms with Crippen LogP contribution in [0.5, 0.6) is 0 Å². The van der Waals surface area contributed by atoms with Crippen LogP contribution in [0.1, 0.15) is 17.0 Å². The Morgan fingerprint density at radius 1 is 0.895 bits per heavy atom. The van der Waals surface area contributed by atoms with Gasteiger partial charge in [0.2, 0.25) is 0 Å². The number of benzene rings is 2. The summed E-state index contributed by atoms with van der Waals surface area (Å²) in [5, 5.41) is 2.37. The third-order valence-corrected chi connectivity index (χ3v) is 3.29. The summed E-state index contributed by atoms with van der Waals surface area (Å²) in [7, 11) is 0. The normalized spacial score (nSPS) is 10.8. The topological polar surface area (TPSA) is 38.9 Å². The van der Waals surface area contributed by atoms with E-state index in [-0.39, 0.29) is 0 Å². The van der Waals surface area contributed by atoms with Gasteiger partial charge in [-0.05, 0) is 17.0 Å². The van der Waals surface area contributed by atoms with Crippen molar-refractivity contribution in [2.24, 2.45) is 5.73 Å². The van der Waals surface area contributed by atoms with Crippen LogP contribution in [-0.2, 0) is 13.0 Å². The Labute approximate surface area is 112 Å². The molecule has 0 radical (unpaired) electrons. The van der Waals surface area contributed by atoms with Gasteiger partial charge in [0.1, 0.15) is 0 Å². The number of nitrogens with two attached hydrogens (primary N) is 1. The third-order valence-electron chi connectivity index (χ3n) is 3.29. The van der Waals surface area contributed by atoms with Crippen molar-refractivity contribution in [1.29, 1.82) is 0 Å². The van der Waals surface area contributed by atoms with Crippen molar-refractivity contribution in [3.05, 3.63) is 77.6 Å². The zero-order valence-electron chi connectivity index (χ0n) is 10.7. The van der Waals surface area contributed by atoms with Gasteiger partial charge in [-0.3, -0.25) is 4.98 Å². The number of hydrogen-bond donors (Lipinski definition) is 1. The highest BCUT2D eigenvalue weighted by Crippen LogP contribution is 2.19. The molecule has 0 spiro atoms. The molecule has 0 saturated heterocycles. The summed E-state index contributed by atoms with van der Waals surface area (Å²) in [5.74, 6) is 0. The van der Waals surface area contributed by atoms with Crippen LogP contribution in [0, 0.1) is 0 Å².